The van der Waals surface area contributed by atoms with E-state index in [1.807, 2.05) is 6.92 Å². The van der Waals surface area contributed by atoms with Crippen LogP contribution in [0.2, 0.25) is 0 Å². The van der Waals surface area contributed by atoms with E-state index in [0.29, 0.717) is 29.3 Å². The average Bonchev–Trinajstić information content (AvgIpc) is 3.13. The Kier molecular flexibility index (Phi) is 4.19. The van der Waals surface area contributed by atoms with E-state index in [0.717, 1.165) is 0 Å². The minimum atomic E-state index is -2.92. The predicted molar refractivity (Wildman–Crippen MR) is 93.9 cm³/mol. The number of hydrogen-bond acceptors (Lipinski definition) is 5. The number of pyridine rings is 1. The maximum atomic E-state index is 13.0. The number of benzene rings is 1. The van der Waals surface area contributed by atoms with Gasteiger partial charge in [-0.15, -0.1) is 0 Å². The summed E-state index contributed by atoms with van der Waals surface area (Å²) in [6.45, 7) is -0.661. The number of fused-ring (bicyclic) bond motifs is 3. The van der Waals surface area contributed by atoms with Crippen molar-refractivity contribution in [3.8, 4) is 17.3 Å². The monoisotopic (exact) mass is 372 g/mol. The fraction of sp³-hybridized carbons (Fsp3) is 0.167. The van der Waals surface area contributed by atoms with E-state index >= 15 is 0 Å². The zero-order valence-electron chi connectivity index (χ0n) is 14.2. The summed E-state index contributed by atoms with van der Waals surface area (Å²) < 4.78 is 37.5. The van der Waals surface area contributed by atoms with Gasteiger partial charge in [0.05, 0.1) is 17.8 Å². The number of rotatable bonds is 5. The van der Waals surface area contributed by atoms with Crippen molar-refractivity contribution in [1.29, 1.82) is 0 Å². The van der Waals surface area contributed by atoms with Gasteiger partial charge in [0.15, 0.2) is 5.65 Å². The van der Waals surface area contributed by atoms with Gasteiger partial charge in [0, 0.05) is 18.5 Å². The maximum absolute atomic E-state index is 13.0. The molecule has 7 nitrogen and oxygen atoms in total. The van der Waals surface area contributed by atoms with Gasteiger partial charge in [0.1, 0.15) is 5.75 Å². The van der Waals surface area contributed by atoms with Crippen LogP contribution in [0.3, 0.4) is 0 Å². The van der Waals surface area contributed by atoms with E-state index in [-0.39, 0.29) is 11.4 Å². The minimum Gasteiger partial charge on any atom is -0.478 e. The molecule has 0 unspecified atom stereocenters. The standard InChI is InChI=1S/C18H14F2N4O3/c1-2-26-14-8-7-13-15(22-14)24(17(25)16-21-9-10-23(13)16)11-3-5-12(6-4-11)27-18(19)20/h3-10,18H,2H2,1H3. The Labute approximate surface area is 151 Å². The molecule has 0 bridgehead atoms. The van der Waals surface area contributed by atoms with Crippen LogP contribution in [0.4, 0.5) is 8.78 Å². The first-order valence-corrected chi connectivity index (χ1v) is 8.15. The molecule has 3 heterocycles. The lowest BCUT2D eigenvalue weighted by Gasteiger charge is -2.13. The maximum Gasteiger partial charge on any atom is 0.387 e. The van der Waals surface area contributed by atoms with Crippen LogP contribution in [0.25, 0.3) is 22.5 Å². The van der Waals surface area contributed by atoms with Crippen molar-refractivity contribution in [2.45, 2.75) is 13.5 Å². The van der Waals surface area contributed by atoms with Crippen LogP contribution in [0.1, 0.15) is 6.92 Å². The summed E-state index contributed by atoms with van der Waals surface area (Å²) in [5.41, 5.74) is 1.29. The highest BCUT2D eigenvalue weighted by molar-refractivity contribution is 5.77. The van der Waals surface area contributed by atoms with Crippen molar-refractivity contribution >= 4 is 16.8 Å². The molecule has 4 aromatic rings. The molecule has 0 fully saturated rings. The molecule has 3 aromatic heterocycles. The second-order valence-electron chi connectivity index (χ2n) is 5.56. The molecule has 0 N–H and O–H groups in total. The zero-order valence-corrected chi connectivity index (χ0v) is 14.2. The molecule has 0 aliphatic carbocycles. The normalized spacial score (nSPS) is 11.4. The van der Waals surface area contributed by atoms with E-state index in [9.17, 15) is 13.6 Å². The van der Waals surface area contributed by atoms with E-state index < -0.39 is 12.2 Å². The molecule has 0 aliphatic heterocycles. The van der Waals surface area contributed by atoms with Crippen molar-refractivity contribution in [3.63, 3.8) is 0 Å². The fourth-order valence-electron chi connectivity index (χ4n) is 2.87. The smallest absolute Gasteiger partial charge is 0.387 e. The number of imidazole rings is 1. The Bertz CT molecular complexity index is 1170. The van der Waals surface area contributed by atoms with Crippen LogP contribution in [0.15, 0.2) is 53.6 Å². The summed E-state index contributed by atoms with van der Waals surface area (Å²) in [5, 5.41) is 0. The number of hydrogen-bond donors (Lipinski definition) is 0. The molecule has 0 spiro atoms. The summed E-state index contributed by atoms with van der Waals surface area (Å²) in [6, 6.07) is 9.23. The van der Waals surface area contributed by atoms with Crippen molar-refractivity contribution in [3.05, 3.63) is 59.1 Å². The van der Waals surface area contributed by atoms with Crippen LogP contribution in [-0.4, -0.2) is 32.2 Å². The van der Waals surface area contributed by atoms with Gasteiger partial charge >= 0.3 is 6.61 Å². The number of aromatic nitrogens is 4. The second kappa shape index (κ2) is 6.67. The topological polar surface area (TPSA) is 70.7 Å². The quantitative estimate of drug-likeness (QED) is 0.539. The molecular weight excluding hydrogens is 358 g/mol. The summed E-state index contributed by atoms with van der Waals surface area (Å²) in [6.07, 6.45) is 3.20. The lowest BCUT2D eigenvalue weighted by molar-refractivity contribution is -0.0498. The van der Waals surface area contributed by atoms with Crippen molar-refractivity contribution in [1.82, 2.24) is 18.9 Å². The first-order chi connectivity index (χ1) is 13.1. The number of alkyl halides is 2. The lowest BCUT2D eigenvalue weighted by atomic mass is 10.3. The molecule has 27 heavy (non-hydrogen) atoms. The first-order valence-electron chi connectivity index (χ1n) is 8.15. The van der Waals surface area contributed by atoms with Gasteiger partial charge in [0.2, 0.25) is 11.5 Å². The van der Waals surface area contributed by atoms with E-state index in [2.05, 4.69) is 14.7 Å². The molecule has 0 saturated heterocycles. The van der Waals surface area contributed by atoms with Crippen LogP contribution < -0.4 is 15.0 Å². The zero-order chi connectivity index (χ0) is 19.0. The largest absolute Gasteiger partial charge is 0.478 e. The van der Waals surface area contributed by atoms with Crippen molar-refractivity contribution in [2.75, 3.05) is 6.61 Å². The fourth-order valence-corrected chi connectivity index (χ4v) is 2.87. The van der Waals surface area contributed by atoms with Gasteiger partial charge in [-0.1, -0.05) is 0 Å². The SMILES string of the molecule is CCOc1ccc2c(n1)n(-c1ccc(OC(F)F)cc1)c(=O)c1nccn12. The van der Waals surface area contributed by atoms with E-state index in [1.54, 1.807) is 22.7 Å². The Morgan fingerprint density at radius 3 is 2.59 bits per heavy atom. The van der Waals surface area contributed by atoms with Gasteiger partial charge < -0.3 is 9.47 Å². The van der Waals surface area contributed by atoms with Crippen LogP contribution in [0, 0.1) is 0 Å². The van der Waals surface area contributed by atoms with Gasteiger partial charge in [-0.3, -0.25) is 13.8 Å². The Hall–Kier alpha value is -3.49. The second-order valence-corrected chi connectivity index (χ2v) is 5.56. The van der Waals surface area contributed by atoms with Gasteiger partial charge in [-0.05, 0) is 37.3 Å². The molecule has 138 valence electrons. The summed E-state index contributed by atoms with van der Waals surface area (Å²) >= 11 is 0. The average molecular weight is 372 g/mol. The number of halogens is 2. The van der Waals surface area contributed by atoms with Crippen LogP contribution in [-0.2, 0) is 0 Å². The van der Waals surface area contributed by atoms with Crippen molar-refractivity contribution < 1.29 is 18.3 Å². The van der Waals surface area contributed by atoms with E-state index in [1.165, 1.54) is 35.0 Å². The summed E-state index contributed by atoms with van der Waals surface area (Å²) in [5.74, 6) is 0.367. The molecule has 0 atom stereocenters. The predicted octanol–water partition coefficient (Wildman–Crippen LogP) is 3.03. The van der Waals surface area contributed by atoms with Crippen molar-refractivity contribution in [2.24, 2.45) is 0 Å². The number of nitrogens with zero attached hydrogens (tertiary/aromatic N) is 4. The molecule has 4 rings (SSSR count). The minimum absolute atomic E-state index is 0.00374. The first kappa shape index (κ1) is 17.0. The van der Waals surface area contributed by atoms with Gasteiger partial charge in [0.25, 0.3) is 5.56 Å². The highest BCUT2D eigenvalue weighted by Crippen LogP contribution is 2.22. The third kappa shape index (κ3) is 2.97. The molecule has 0 aliphatic rings. The third-order valence-electron chi connectivity index (χ3n) is 3.95. The van der Waals surface area contributed by atoms with Gasteiger partial charge in [-0.25, -0.2) is 4.98 Å². The Morgan fingerprint density at radius 2 is 1.89 bits per heavy atom. The molecule has 0 amide bonds. The van der Waals surface area contributed by atoms with Crippen LogP contribution in [0.5, 0.6) is 11.6 Å². The lowest BCUT2D eigenvalue weighted by Crippen LogP contribution is -2.22. The third-order valence-corrected chi connectivity index (χ3v) is 3.95. The molecule has 9 heteroatoms. The molecular formula is C18H14F2N4O3. The highest BCUT2D eigenvalue weighted by Gasteiger charge is 2.15. The number of ether oxygens (including phenoxy) is 2. The molecule has 0 saturated carbocycles. The summed E-state index contributed by atoms with van der Waals surface area (Å²) in [7, 11) is 0. The summed E-state index contributed by atoms with van der Waals surface area (Å²) in [4.78, 5) is 21.5. The Balaban J connectivity index is 1.97. The Morgan fingerprint density at radius 1 is 1.11 bits per heavy atom. The van der Waals surface area contributed by atoms with E-state index in [4.69, 9.17) is 4.74 Å². The van der Waals surface area contributed by atoms with Crippen LogP contribution >= 0.6 is 0 Å². The molecule has 0 radical (unpaired) electrons. The highest BCUT2D eigenvalue weighted by atomic mass is 19.3. The van der Waals surface area contributed by atoms with Gasteiger partial charge in [-0.2, -0.15) is 13.8 Å². The molecule has 1 aromatic carbocycles.